The molecule has 2 aliphatic heterocycles. The first-order valence-electron chi connectivity index (χ1n) is 9.51. The van der Waals surface area contributed by atoms with Crippen molar-refractivity contribution in [2.45, 2.75) is 19.5 Å². The first-order chi connectivity index (χ1) is 12.9. The first-order valence-corrected chi connectivity index (χ1v) is 9.51. The molecule has 4 heteroatoms. The molecule has 1 fully saturated rings. The maximum atomic E-state index is 6.28. The van der Waals surface area contributed by atoms with Crippen molar-refractivity contribution in [3.8, 4) is 0 Å². The molecule has 5 rings (SSSR count). The van der Waals surface area contributed by atoms with E-state index in [4.69, 9.17) is 9.15 Å². The number of nitrogens with zero attached hydrogens (tertiary/aromatic N) is 2. The number of morpholine rings is 1. The highest BCUT2D eigenvalue weighted by Gasteiger charge is 2.23. The van der Waals surface area contributed by atoms with Crippen LogP contribution in [0.4, 0.5) is 5.69 Å². The first kappa shape index (κ1) is 15.9. The molecule has 0 atom stereocenters. The van der Waals surface area contributed by atoms with Gasteiger partial charge in [0.2, 0.25) is 0 Å². The normalized spacial score (nSPS) is 17.8. The van der Waals surface area contributed by atoms with Gasteiger partial charge in [0.15, 0.2) is 0 Å². The molecule has 1 saturated heterocycles. The van der Waals surface area contributed by atoms with Crippen molar-refractivity contribution in [1.29, 1.82) is 0 Å². The van der Waals surface area contributed by atoms with Gasteiger partial charge in [0.05, 0.1) is 18.9 Å². The van der Waals surface area contributed by atoms with E-state index < -0.39 is 0 Å². The summed E-state index contributed by atoms with van der Waals surface area (Å²) in [6.07, 6.45) is 0.940. The number of furan rings is 1. The molecule has 0 aliphatic carbocycles. The lowest BCUT2D eigenvalue weighted by Crippen LogP contribution is -2.36. The summed E-state index contributed by atoms with van der Waals surface area (Å²) in [7, 11) is 0. The molecule has 2 aliphatic rings. The van der Waals surface area contributed by atoms with Crippen LogP contribution in [0.2, 0.25) is 0 Å². The smallest absolute Gasteiger partial charge is 0.136 e. The van der Waals surface area contributed by atoms with E-state index in [1.807, 2.05) is 0 Å². The zero-order valence-corrected chi connectivity index (χ0v) is 15.0. The molecule has 1 aromatic heterocycles. The van der Waals surface area contributed by atoms with Crippen LogP contribution in [-0.2, 0) is 24.2 Å². The fourth-order valence-corrected chi connectivity index (χ4v) is 4.21. The van der Waals surface area contributed by atoms with Gasteiger partial charge in [-0.1, -0.05) is 36.4 Å². The second-order valence-electron chi connectivity index (χ2n) is 7.20. The molecule has 26 heavy (non-hydrogen) atoms. The lowest BCUT2D eigenvalue weighted by molar-refractivity contribution is 0.122. The molecule has 0 bridgehead atoms. The molecular weight excluding hydrogens is 324 g/mol. The summed E-state index contributed by atoms with van der Waals surface area (Å²) in [5, 5.41) is 1.23. The maximum absolute atomic E-state index is 6.28. The monoisotopic (exact) mass is 348 g/mol. The standard InChI is InChI=1S/C22H24N2O2/c1-2-6-18-16-23(15-17(18)5-1)10-9-21-22(24-11-13-25-14-12-24)19-7-3-4-8-20(19)26-21/h1-8H,9-16H2. The Hall–Kier alpha value is -2.30. The van der Waals surface area contributed by atoms with Crippen molar-refractivity contribution >= 4 is 16.7 Å². The van der Waals surface area contributed by atoms with Crippen LogP contribution in [0.1, 0.15) is 16.9 Å². The van der Waals surface area contributed by atoms with Crippen LogP contribution in [0.3, 0.4) is 0 Å². The second kappa shape index (κ2) is 6.78. The van der Waals surface area contributed by atoms with Crippen molar-refractivity contribution in [3.63, 3.8) is 0 Å². The Morgan fingerprint density at radius 2 is 1.54 bits per heavy atom. The highest BCUT2D eigenvalue weighted by molar-refractivity contribution is 5.93. The fourth-order valence-electron chi connectivity index (χ4n) is 4.21. The van der Waals surface area contributed by atoms with Gasteiger partial charge in [-0.05, 0) is 23.3 Å². The summed E-state index contributed by atoms with van der Waals surface area (Å²) in [5.41, 5.74) is 5.20. The molecule has 4 nitrogen and oxygen atoms in total. The SMILES string of the molecule is c1ccc2c(c1)CN(CCc1oc3ccccc3c1N1CCOCC1)C2. The highest BCUT2D eigenvalue weighted by atomic mass is 16.5. The van der Waals surface area contributed by atoms with Crippen molar-refractivity contribution < 1.29 is 9.15 Å². The van der Waals surface area contributed by atoms with Crippen LogP contribution in [0.15, 0.2) is 52.9 Å². The third kappa shape index (κ3) is 2.89. The number of benzene rings is 2. The third-order valence-corrected chi connectivity index (χ3v) is 5.53. The lowest BCUT2D eigenvalue weighted by Gasteiger charge is -2.29. The van der Waals surface area contributed by atoms with Crippen LogP contribution in [0.5, 0.6) is 0 Å². The fraction of sp³-hybridized carbons (Fsp3) is 0.364. The van der Waals surface area contributed by atoms with Crippen LogP contribution < -0.4 is 4.90 Å². The third-order valence-electron chi connectivity index (χ3n) is 5.53. The van der Waals surface area contributed by atoms with Gasteiger partial charge in [-0.25, -0.2) is 0 Å². The number of rotatable bonds is 4. The summed E-state index contributed by atoms with van der Waals surface area (Å²) in [6.45, 7) is 6.57. The summed E-state index contributed by atoms with van der Waals surface area (Å²) in [5.74, 6) is 1.11. The van der Waals surface area contributed by atoms with Gasteiger partial charge in [0.25, 0.3) is 0 Å². The molecule has 2 aromatic carbocycles. The maximum Gasteiger partial charge on any atom is 0.136 e. The molecule has 0 unspecified atom stereocenters. The predicted octanol–water partition coefficient (Wildman–Crippen LogP) is 3.83. The van der Waals surface area contributed by atoms with Crippen molar-refractivity contribution in [2.24, 2.45) is 0 Å². The van der Waals surface area contributed by atoms with E-state index in [1.165, 1.54) is 22.2 Å². The molecule has 0 radical (unpaired) electrons. The Kier molecular flexibility index (Phi) is 4.15. The summed E-state index contributed by atoms with van der Waals surface area (Å²) < 4.78 is 11.8. The number of fused-ring (bicyclic) bond motifs is 2. The molecule has 0 amide bonds. The molecule has 3 aromatic rings. The van der Waals surface area contributed by atoms with E-state index in [1.54, 1.807) is 0 Å². The second-order valence-corrected chi connectivity index (χ2v) is 7.20. The minimum Gasteiger partial charge on any atom is -0.459 e. The van der Waals surface area contributed by atoms with Crippen LogP contribution in [-0.4, -0.2) is 37.7 Å². The van der Waals surface area contributed by atoms with Gasteiger partial charge in [-0.3, -0.25) is 4.90 Å². The lowest BCUT2D eigenvalue weighted by atomic mass is 10.1. The quantitative estimate of drug-likeness (QED) is 0.717. The number of hydrogen-bond acceptors (Lipinski definition) is 4. The Morgan fingerprint density at radius 3 is 2.31 bits per heavy atom. The van der Waals surface area contributed by atoms with E-state index in [9.17, 15) is 0 Å². The van der Waals surface area contributed by atoms with Crippen LogP contribution in [0, 0.1) is 0 Å². The molecule has 0 saturated carbocycles. The van der Waals surface area contributed by atoms with Gasteiger partial charge >= 0.3 is 0 Å². The van der Waals surface area contributed by atoms with Gasteiger partial charge in [-0.15, -0.1) is 0 Å². The minimum atomic E-state index is 0.792. The Morgan fingerprint density at radius 1 is 0.846 bits per heavy atom. The summed E-state index contributed by atoms with van der Waals surface area (Å²) in [4.78, 5) is 4.95. The number of hydrogen-bond donors (Lipinski definition) is 0. The van der Waals surface area contributed by atoms with Gasteiger partial charge in [0, 0.05) is 44.5 Å². The zero-order valence-electron chi connectivity index (χ0n) is 15.0. The van der Waals surface area contributed by atoms with E-state index in [0.29, 0.717) is 0 Å². The van der Waals surface area contributed by atoms with Crippen molar-refractivity contribution in [3.05, 3.63) is 65.4 Å². The largest absolute Gasteiger partial charge is 0.459 e. The number of para-hydroxylation sites is 1. The topological polar surface area (TPSA) is 28.9 Å². The van der Waals surface area contributed by atoms with Crippen LogP contribution in [0.25, 0.3) is 11.0 Å². The Bertz CT molecular complexity index is 886. The van der Waals surface area contributed by atoms with E-state index in [-0.39, 0.29) is 0 Å². The summed E-state index contributed by atoms with van der Waals surface area (Å²) in [6, 6.07) is 17.2. The Balaban J connectivity index is 1.38. The highest BCUT2D eigenvalue weighted by Crippen LogP contribution is 2.35. The average molecular weight is 348 g/mol. The molecular formula is C22H24N2O2. The molecule has 0 N–H and O–H groups in total. The van der Waals surface area contributed by atoms with Gasteiger partial charge in [-0.2, -0.15) is 0 Å². The van der Waals surface area contributed by atoms with Gasteiger partial charge < -0.3 is 14.1 Å². The minimum absolute atomic E-state index is 0.792. The Labute approximate surface area is 154 Å². The van der Waals surface area contributed by atoms with Crippen molar-refractivity contribution in [2.75, 3.05) is 37.7 Å². The molecule has 3 heterocycles. The zero-order chi connectivity index (χ0) is 17.3. The molecule has 134 valence electrons. The van der Waals surface area contributed by atoms with Crippen LogP contribution >= 0.6 is 0 Å². The van der Waals surface area contributed by atoms with E-state index in [0.717, 1.165) is 63.7 Å². The van der Waals surface area contributed by atoms with Gasteiger partial charge in [0.1, 0.15) is 11.3 Å². The summed E-state index contributed by atoms with van der Waals surface area (Å²) >= 11 is 0. The number of anilines is 1. The predicted molar refractivity (Wildman–Crippen MR) is 104 cm³/mol. The molecule has 0 spiro atoms. The average Bonchev–Trinajstić information content (AvgIpc) is 3.27. The van der Waals surface area contributed by atoms with E-state index >= 15 is 0 Å². The van der Waals surface area contributed by atoms with Crippen molar-refractivity contribution in [1.82, 2.24) is 4.90 Å². The number of ether oxygens (including phenoxy) is 1. The van der Waals surface area contributed by atoms with E-state index in [2.05, 4.69) is 58.3 Å².